The van der Waals surface area contributed by atoms with Crippen LogP contribution in [0.25, 0.3) is 0 Å². The summed E-state index contributed by atoms with van der Waals surface area (Å²) in [6.07, 6.45) is 2.37. The standard InChI is InChI=1S/C14H22N4O6/c19-5-1-17(2-6-20)13(23)11-9-15-10-12(16-11)14(24)18(3-7-21)4-8-22/h9-10,19-22H,1-8H2. The number of carbonyl (C=O) groups is 2. The SMILES string of the molecule is O=C(c1cncc(C(=O)N(CCO)CCO)n1)N(CCO)CCO. The number of aliphatic hydroxyl groups is 4. The molecule has 4 N–H and O–H groups in total. The maximum absolute atomic E-state index is 12.3. The highest BCUT2D eigenvalue weighted by atomic mass is 16.3. The normalized spacial score (nSPS) is 10.5. The summed E-state index contributed by atoms with van der Waals surface area (Å²) in [4.78, 5) is 34.8. The van der Waals surface area contributed by atoms with Crippen molar-refractivity contribution in [3.63, 3.8) is 0 Å². The molecule has 0 fully saturated rings. The summed E-state index contributed by atoms with van der Waals surface area (Å²) in [5.74, 6) is -1.15. The Bertz CT molecular complexity index is 487. The molecule has 1 heterocycles. The van der Waals surface area contributed by atoms with Crippen LogP contribution in [0.15, 0.2) is 12.4 Å². The predicted molar refractivity (Wildman–Crippen MR) is 82.2 cm³/mol. The lowest BCUT2D eigenvalue weighted by molar-refractivity contribution is 0.0667. The zero-order valence-corrected chi connectivity index (χ0v) is 13.2. The third-order valence-corrected chi connectivity index (χ3v) is 3.13. The molecule has 24 heavy (non-hydrogen) atoms. The van der Waals surface area contributed by atoms with Crippen LogP contribution in [0.1, 0.15) is 21.0 Å². The maximum Gasteiger partial charge on any atom is 0.274 e. The highest BCUT2D eigenvalue weighted by molar-refractivity contribution is 5.95. The number of rotatable bonds is 10. The van der Waals surface area contributed by atoms with Crippen LogP contribution < -0.4 is 0 Å². The first-order valence-electron chi connectivity index (χ1n) is 7.43. The van der Waals surface area contributed by atoms with Crippen LogP contribution in [0.3, 0.4) is 0 Å². The molecule has 1 aromatic rings. The van der Waals surface area contributed by atoms with Gasteiger partial charge in [0.1, 0.15) is 11.4 Å². The summed E-state index contributed by atoms with van der Waals surface area (Å²) >= 11 is 0. The Morgan fingerprint density at radius 3 is 1.38 bits per heavy atom. The van der Waals surface area contributed by atoms with Crippen molar-refractivity contribution in [1.82, 2.24) is 19.8 Å². The molecule has 0 aliphatic rings. The second-order valence-corrected chi connectivity index (χ2v) is 4.77. The fraction of sp³-hybridized carbons (Fsp3) is 0.571. The minimum Gasteiger partial charge on any atom is -0.395 e. The molecule has 10 nitrogen and oxygen atoms in total. The summed E-state index contributed by atoms with van der Waals surface area (Å²) < 4.78 is 0. The van der Waals surface area contributed by atoms with E-state index in [4.69, 9.17) is 20.4 Å². The van der Waals surface area contributed by atoms with Gasteiger partial charge in [-0.1, -0.05) is 0 Å². The van der Waals surface area contributed by atoms with E-state index in [2.05, 4.69) is 9.97 Å². The van der Waals surface area contributed by atoms with E-state index in [9.17, 15) is 9.59 Å². The number of hydrogen-bond donors (Lipinski definition) is 4. The minimum atomic E-state index is -0.573. The van der Waals surface area contributed by atoms with E-state index in [0.717, 1.165) is 0 Å². The first kappa shape index (κ1) is 19.9. The molecule has 2 amide bonds. The lowest BCUT2D eigenvalue weighted by atomic mass is 10.3. The third-order valence-electron chi connectivity index (χ3n) is 3.13. The first-order valence-corrected chi connectivity index (χ1v) is 7.43. The van der Waals surface area contributed by atoms with Crippen molar-refractivity contribution in [2.24, 2.45) is 0 Å². The Labute approximate surface area is 139 Å². The van der Waals surface area contributed by atoms with Crippen LogP contribution >= 0.6 is 0 Å². The van der Waals surface area contributed by atoms with Gasteiger partial charge in [0.25, 0.3) is 11.8 Å². The van der Waals surface area contributed by atoms with E-state index in [0.29, 0.717) is 0 Å². The minimum absolute atomic E-state index is 0.0143. The van der Waals surface area contributed by atoms with Crippen molar-refractivity contribution < 1.29 is 30.0 Å². The van der Waals surface area contributed by atoms with E-state index in [1.54, 1.807) is 0 Å². The van der Waals surface area contributed by atoms with Crippen molar-refractivity contribution in [3.05, 3.63) is 23.8 Å². The van der Waals surface area contributed by atoms with E-state index in [-0.39, 0.29) is 64.0 Å². The van der Waals surface area contributed by atoms with Gasteiger partial charge in [0.2, 0.25) is 0 Å². The lowest BCUT2D eigenvalue weighted by Crippen LogP contribution is -2.38. The number of amides is 2. The molecule has 1 aromatic heterocycles. The molecule has 10 heteroatoms. The number of carbonyl (C=O) groups excluding carboxylic acids is 2. The van der Waals surface area contributed by atoms with E-state index >= 15 is 0 Å². The van der Waals surface area contributed by atoms with Gasteiger partial charge < -0.3 is 30.2 Å². The van der Waals surface area contributed by atoms with Crippen LogP contribution in [-0.2, 0) is 0 Å². The average Bonchev–Trinajstić information content (AvgIpc) is 2.60. The monoisotopic (exact) mass is 342 g/mol. The van der Waals surface area contributed by atoms with Gasteiger partial charge in [-0.2, -0.15) is 0 Å². The number of nitrogens with zero attached hydrogens (tertiary/aromatic N) is 4. The van der Waals surface area contributed by atoms with E-state index < -0.39 is 11.8 Å². The van der Waals surface area contributed by atoms with Gasteiger partial charge in [0.05, 0.1) is 38.8 Å². The highest BCUT2D eigenvalue weighted by Gasteiger charge is 2.21. The maximum atomic E-state index is 12.3. The Balaban J connectivity index is 2.99. The van der Waals surface area contributed by atoms with Gasteiger partial charge in [0.15, 0.2) is 0 Å². The summed E-state index contributed by atoms with van der Waals surface area (Å²) in [7, 11) is 0. The Morgan fingerprint density at radius 2 is 1.08 bits per heavy atom. The average molecular weight is 342 g/mol. The fourth-order valence-corrected chi connectivity index (χ4v) is 2.01. The number of aromatic nitrogens is 2. The lowest BCUT2D eigenvalue weighted by Gasteiger charge is -2.21. The molecule has 0 radical (unpaired) electrons. The second-order valence-electron chi connectivity index (χ2n) is 4.77. The summed E-state index contributed by atoms with van der Waals surface area (Å²) in [5.41, 5.74) is -0.202. The molecule has 0 aromatic carbocycles. The molecule has 0 atom stereocenters. The number of aliphatic hydroxyl groups excluding tert-OH is 4. The third kappa shape index (κ3) is 5.49. The van der Waals surface area contributed by atoms with Crippen molar-refractivity contribution >= 4 is 11.8 Å². The van der Waals surface area contributed by atoms with Crippen LogP contribution in [0.2, 0.25) is 0 Å². The van der Waals surface area contributed by atoms with E-state index in [1.807, 2.05) is 0 Å². The van der Waals surface area contributed by atoms with Crippen molar-refractivity contribution in [2.45, 2.75) is 0 Å². The van der Waals surface area contributed by atoms with Crippen LogP contribution in [0, 0.1) is 0 Å². The van der Waals surface area contributed by atoms with Gasteiger partial charge in [-0.3, -0.25) is 14.6 Å². The van der Waals surface area contributed by atoms with Crippen molar-refractivity contribution in [1.29, 1.82) is 0 Å². The zero-order chi connectivity index (χ0) is 17.9. The van der Waals surface area contributed by atoms with Crippen LogP contribution in [0.4, 0.5) is 0 Å². The molecule has 0 bridgehead atoms. The molecule has 134 valence electrons. The topological polar surface area (TPSA) is 147 Å². The molecule has 0 spiro atoms. The largest absolute Gasteiger partial charge is 0.395 e. The fourth-order valence-electron chi connectivity index (χ4n) is 2.01. The molecule has 0 saturated carbocycles. The van der Waals surface area contributed by atoms with Gasteiger partial charge in [-0.05, 0) is 0 Å². The number of hydrogen-bond acceptors (Lipinski definition) is 8. The second kappa shape index (κ2) is 10.6. The Morgan fingerprint density at radius 1 is 0.750 bits per heavy atom. The quantitative estimate of drug-likeness (QED) is 0.360. The van der Waals surface area contributed by atoms with Gasteiger partial charge >= 0.3 is 0 Å². The Kier molecular flexibility index (Phi) is 8.79. The smallest absolute Gasteiger partial charge is 0.274 e. The molecule has 0 aliphatic carbocycles. The molecule has 0 saturated heterocycles. The summed E-state index contributed by atoms with van der Waals surface area (Å²) in [5, 5.41) is 35.9. The molecule has 1 rings (SSSR count). The van der Waals surface area contributed by atoms with E-state index in [1.165, 1.54) is 22.2 Å². The molecule has 0 aliphatic heterocycles. The zero-order valence-electron chi connectivity index (χ0n) is 13.2. The predicted octanol–water partition coefficient (Wildman–Crippen LogP) is -2.67. The Hall–Kier alpha value is -2.14. The van der Waals surface area contributed by atoms with Gasteiger partial charge in [-0.15, -0.1) is 0 Å². The highest BCUT2D eigenvalue weighted by Crippen LogP contribution is 2.05. The first-order chi connectivity index (χ1) is 11.6. The molecular formula is C14H22N4O6. The molecular weight excluding hydrogens is 320 g/mol. The van der Waals surface area contributed by atoms with Gasteiger partial charge in [-0.25, -0.2) is 4.98 Å². The van der Waals surface area contributed by atoms with Crippen molar-refractivity contribution in [2.75, 3.05) is 52.6 Å². The molecule has 0 unspecified atom stereocenters. The summed E-state index contributed by atoms with van der Waals surface area (Å²) in [6.45, 7) is -1.06. The van der Waals surface area contributed by atoms with Gasteiger partial charge in [0, 0.05) is 26.2 Å². The van der Waals surface area contributed by atoms with Crippen molar-refractivity contribution in [3.8, 4) is 0 Å². The summed E-state index contributed by atoms with van der Waals surface area (Å²) in [6, 6.07) is 0. The van der Waals surface area contributed by atoms with Crippen LogP contribution in [-0.4, -0.2) is 105 Å². The van der Waals surface area contributed by atoms with Crippen LogP contribution in [0.5, 0.6) is 0 Å².